The summed E-state index contributed by atoms with van der Waals surface area (Å²) in [4.78, 5) is 0. The van der Waals surface area contributed by atoms with Gasteiger partial charge < -0.3 is 14.0 Å². The van der Waals surface area contributed by atoms with Gasteiger partial charge in [-0.2, -0.15) is 0 Å². The number of halogens is 3. The molecule has 1 saturated carbocycles. The van der Waals surface area contributed by atoms with Crippen LogP contribution >= 0.6 is 0 Å². The Balaban J connectivity index is 1.93. The summed E-state index contributed by atoms with van der Waals surface area (Å²) >= 11 is 0. The Morgan fingerprint density at radius 1 is 1.18 bits per heavy atom. The number of hydrogen-bond acceptors (Lipinski definition) is 3. The van der Waals surface area contributed by atoms with Gasteiger partial charge in [0.15, 0.2) is 0 Å². The predicted molar refractivity (Wildman–Crippen MR) is 78.4 cm³/mol. The van der Waals surface area contributed by atoms with Crippen LogP contribution in [0.2, 0.25) is 0 Å². The second kappa shape index (κ2) is 6.53. The van der Waals surface area contributed by atoms with E-state index in [0.29, 0.717) is 31.3 Å². The Bertz CT molecular complexity index is 412. The Morgan fingerprint density at radius 3 is 2.14 bits per heavy atom. The summed E-state index contributed by atoms with van der Waals surface area (Å²) in [6.45, 7) is 6.95. The molecule has 0 aromatic rings. The summed E-state index contributed by atoms with van der Waals surface area (Å²) in [7, 11) is -0.974. The summed E-state index contributed by atoms with van der Waals surface area (Å²) in [6, 6.07) is 0. The van der Waals surface area contributed by atoms with Gasteiger partial charge in [-0.25, -0.2) is 13.2 Å². The van der Waals surface area contributed by atoms with Gasteiger partial charge in [-0.05, 0) is 59.0 Å². The van der Waals surface area contributed by atoms with Crippen LogP contribution in [0.25, 0.3) is 0 Å². The minimum Gasteiger partial charge on any atom is -0.398 e. The van der Waals surface area contributed by atoms with Crippen LogP contribution < -0.4 is 0 Å². The average Bonchev–Trinajstić information content (AvgIpc) is 2.65. The highest BCUT2D eigenvalue weighted by Crippen LogP contribution is 2.40. The molecule has 7 heteroatoms. The lowest BCUT2D eigenvalue weighted by molar-refractivity contribution is -0.0330. The molecule has 1 heterocycles. The second-order valence-electron chi connectivity index (χ2n) is 6.96. The molecule has 1 aliphatic carbocycles. The standard InChI is InChI=1S/C15H24BF3O3/c1-14(2)15(3,4)22-16(21-14)13(19)10-5-7-11(8-6-10)20-9-12(17)18/h11-12H,5-9H2,1-4H3. The fraction of sp³-hybridized carbons (Fsp3) is 0.867. The molecule has 0 amide bonds. The van der Waals surface area contributed by atoms with Gasteiger partial charge in [-0.3, -0.25) is 0 Å². The summed E-state index contributed by atoms with van der Waals surface area (Å²) < 4.78 is 55.3. The van der Waals surface area contributed by atoms with Crippen molar-refractivity contribution in [3.63, 3.8) is 0 Å². The zero-order valence-corrected chi connectivity index (χ0v) is 13.6. The molecule has 0 bridgehead atoms. The molecule has 1 aliphatic heterocycles. The van der Waals surface area contributed by atoms with Crippen molar-refractivity contribution < 1.29 is 27.2 Å². The van der Waals surface area contributed by atoms with Crippen LogP contribution in [0, 0.1) is 0 Å². The van der Waals surface area contributed by atoms with Crippen LogP contribution in [0.15, 0.2) is 11.3 Å². The normalized spacial score (nSPS) is 27.5. The minimum absolute atomic E-state index is 0.219. The van der Waals surface area contributed by atoms with Gasteiger partial charge in [0.1, 0.15) is 12.3 Å². The Hall–Kier alpha value is -0.525. The van der Waals surface area contributed by atoms with Crippen molar-refractivity contribution in [2.45, 2.75) is 77.1 Å². The summed E-state index contributed by atoms with van der Waals surface area (Å²) in [5.74, 6) is 0. The van der Waals surface area contributed by atoms with Crippen molar-refractivity contribution in [3.8, 4) is 0 Å². The van der Waals surface area contributed by atoms with Crippen LogP contribution in [0.4, 0.5) is 13.2 Å². The van der Waals surface area contributed by atoms with E-state index in [-0.39, 0.29) is 11.8 Å². The largest absolute Gasteiger partial charge is 0.525 e. The van der Waals surface area contributed by atoms with E-state index in [1.165, 1.54) is 0 Å². The molecule has 1 saturated heterocycles. The maximum atomic E-state index is 14.6. The highest BCUT2D eigenvalue weighted by atomic mass is 19.3. The van der Waals surface area contributed by atoms with Gasteiger partial charge >= 0.3 is 7.12 Å². The first-order valence-corrected chi connectivity index (χ1v) is 7.75. The Morgan fingerprint density at radius 2 is 1.68 bits per heavy atom. The van der Waals surface area contributed by atoms with E-state index in [9.17, 15) is 13.2 Å². The van der Waals surface area contributed by atoms with E-state index in [2.05, 4.69) is 0 Å². The lowest BCUT2D eigenvalue weighted by Gasteiger charge is -2.32. The van der Waals surface area contributed by atoms with Gasteiger partial charge in [-0.1, -0.05) is 0 Å². The number of allylic oxidation sites excluding steroid dienone is 1. The van der Waals surface area contributed by atoms with E-state index in [4.69, 9.17) is 14.0 Å². The van der Waals surface area contributed by atoms with E-state index in [0.717, 1.165) is 0 Å². The van der Waals surface area contributed by atoms with Gasteiger partial charge in [0.05, 0.1) is 17.3 Å². The minimum atomic E-state index is -2.46. The SMILES string of the molecule is CC1(C)OB(C(F)=C2CCC(OCC(F)F)CC2)OC1(C)C. The van der Waals surface area contributed by atoms with Crippen molar-refractivity contribution in [2.24, 2.45) is 0 Å². The molecule has 0 atom stereocenters. The van der Waals surface area contributed by atoms with Crippen LogP contribution in [0.1, 0.15) is 53.4 Å². The first-order chi connectivity index (χ1) is 10.1. The number of rotatable bonds is 4. The molecule has 126 valence electrons. The number of hydrogen-bond donors (Lipinski definition) is 0. The quantitative estimate of drug-likeness (QED) is 0.731. The van der Waals surface area contributed by atoms with Crippen LogP contribution in [0.3, 0.4) is 0 Å². The van der Waals surface area contributed by atoms with Crippen molar-refractivity contribution in [1.29, 1.82) is 0 Å². The molecule has 0 unspecified atom stereocenters. The highest BCUT2D eigenvalue weighted by molar-refractivity contribution is 6.53. The third kappa shape index (κ3) is 3.86. The molecular formula is C15H24BF3O3. The molecular weight excluding hydrogens is 296 g/mol. The zero-order valence-electron chi connectivity index (χ0n) is 13.6. The van der Waals surface area contributed by atoms with Crippen molar-refractivity contribution in [2.75, 3.05) is 6.61 Å². The average molecular weight is 320 g/mol. The fourth-order valence-electron chi connectivity index (χ4n) is 2.67. The van der Waals surface area contributed by atoms with Gasteiger partial charge in [0, 0.05) is 0 Å². The monoisotopic (exact) mass is 320 g/mol. The summed E-state index contributed by atoms with van der Waals surface area (Å²) in [5.41, 5.74) is -0.873. The number of alkyl halides is 2. The molecule has 3 nitrogen and oxygen atoms in total. The smallest absolute Gasteiger partial charge is 0.398 e. The van der Waals surface area contributed by atoms with Gasteiger partial charge in [0.2, 0.25) is 0 Å². The summed E-state index contributed by atoms with van der Waals surface area (Å²) in [6.07, 6.45) is -0.598. The molecule has 0 aromatic carbocycles. The van der Waals surface area contributed by atoms with Crippen molar-refractivity contribution in [1.82, 2.24) is 0 Å². The third-order valence-corrected chi connectivity index (χ3v) is 4.79. The van der Waals surface area contributed by atoms with E-state index < -0.39 is 31.4 Å². The molecule has 0 spiro atoms. The molecule has 0 radical (unpaired) electrons. The van der Waals surface area contributed by atoms with Gasteiger partial charge in [-0.15, -0.1) is 0 Å². The molecule has 0 N–H and O–H groups in total. The molecule has 2 rings (SSSR count). The Labute approximate surface area is 130 Å². The first kappa shape index (κ1) is 17.8. The molecule has 22 heavy (non-hydrogen) atoms. The van der Waals surface area contributed by atoms with Crippen LogP contribution in [-0.2, 0) is 14.0 Å². The zero-order chi connectivity index (χ0) is 16.5. The lowest BCUT2D eigenvalue weighted by Crippen LogP contribution is -2.41. The second-order valence-corrected chi connectivity index (χ2v) is 6.96. The first-order valence-electron chi connectivity index (χ1n) is 7.75. The van der Waals surface area contributed by atoms with E-state index in [1.54, 1.807) is 0 Å². The van der Waals surface area contributed by atoms with Crippen molar-refractivity contribution >= 4 is 7.12 Å². The predicted octanol–water partition coefficient (Wildman–Crippen LogP) is 4.07. The van der Waals surface area contributed by atoms with Gasteiger partial charge in [0.25, 0.3) is 6.43 Å². The fourth-order valence-corrected chi connectivity index (χ4v) is 2.67. The highest BCUT2D eigenvalue weighted by Gasteiger charge is 2.53. The van der Waals surface area contributed by atoms with Crippen LogP contribution in [-0.4, -0.2) is 37.5 Å². The Kier molecular flexibility index (Phi) is 5.29. The third-order valence-electron chi connectivity index (χ3n) is 4.79. The van der Waals surface area contributed by atoms with Crippen molar-refractivity contribution in [3.05, 3.63) is 11.3 Å². The maximum absolute atomic E-state index is 14.6. The molecule has 0 aromatic heterocycles. The van der Waals surface area contributed by atoms with E-state index >= 15 is 0 Å². The molecule has 2 aliphatic rings. The lowest BCUT2D eigenvalue weighted by atomic mass is 9.79. The molecule has 2 fully saturated rings. The number of ether oxygens (including phenoxy) is 1. The van der Waals surface area contributed by atoms with E-state index in [1.807, 2.05) is 27.7 Å². The maximum Gasteiger partial charge on any atom is 0.525 e. The topological polar surface area (TPSA) is 27.7 Å². The van der Waals surface area contributed by atoms with Crippen LogP contribution in [0.5, 0.6) is 0 Å². The summed E-state index contributed by atoms with van der Waals surface area (Å²) in [5, 5.41) is 0.